The molecule has 0 aromatic carbocycles. The summed E-state index contributed by atoms with van der Waals surface area (Å²) in [6.07, 6.45) is 0.379. The molecule has 6 heteroatoms. The van der Waals surface area contributed by atoms with E-state index in [0.717, 1.165) is 26.2 Å². The zero-order valence-corrected chi connectivity index (χ0v) is 11.7. The van der Waals surface area contributed by atoms with Crippen LogP contribution in [0.25, 0.3) is 0 Å². The maximum Gasteiger partial charge on any atom is 0.246 e. The van der Waals surface area contributed by atoms with Gasteiger partial charge in [-0.05, 0) is 13.5 Å². The summed E-state index contributed by atoms with van der Waals surface area (Å²) >= 11 is 0. The molecule has 6 nitrogen and oxygen atoms in total. The second-order valence-electron chi connectivity index (χ2n) is 5.03. The maximum atomic E-state index is 11.9. The van der Waals surface area contributed by atoms with E-state index in [0.29, 0.717) is 13.1 Å². The van der Waals surface area contributed by atoms with Gasteiger partial charge in [0.2, 0.25) is 11.8 Å². The van der Waals surface area contributed by atoms with E-state index in [-0.39, 0.29) is 30.4 Å². The van der Waals surface area contributed by atoms with Gasteiger partial charge in [-0.1, -0.05) is 6.92 Å². The number of nitrogens with one attached hydrogen (secondary N) is 1. The standard InChI is InChI=1S/C13H23N3O3/c1-3-15-5-6-19-10(9-15)8-14-11-7-12(17)16(4-2)13(11)18/h10-11,14H,3-9H2,1-2H3. The van der Waals surface area contributed by atoms with Crippen LogP contribution >= 0.6 is 0 Å². The van der Waals surface area contributed by atoms with Gasteiger partial charge in [0, 0.05) is 26.2 Å². The van der Waals surface area contributed by atoms with E-state index in [2.05, 4.69) is 17.1 Å². The fourth-order valence-corrected chi connectivity index (χ4v) is 2.64. The third-order valence-corrected chi connectivity index (χ3v) is 3.82. The first-order chi connectivity index (χ1) is 9.15. The predicted molar refractivity (Wildman–Crippen MR) is 70.7 cm³/mol. The Bertz CT molecular complexity index is 348. The summed E-state index contributed by atoms with van der Waals surface area (Å²) in [6, 6.07) is -0.368. The highest BCUT2D eigenvalue weighted by atomic mass is 16.5. The number of hydrogen-bond acceptors (Lipinski definition) is 5. The highest BCUT2D eigenvalue weighted by Gasteiger charge is 2.37. The van der Waals surface area contributed by atoms with Crippen molar-refractivity contribution in [2.24, 2.45) is 0 Å². The van der Waals surface area contributed by atoms with Crippen LogP contribution in [0.5, 0.6) is 0 Å². The first kappa shape index (κ1) is 14.4. The Balaban J connectivity index is 1.79. The molecule has 2 unspecified atom stereocenters. The van der Waals surface area contributed by atoms with Crippen LogP contribution in [0.2, 0.25) is 0 Å². The summed E-state index contributed by atoms with van der Waals surface area (Å²) in [7, 11) is 0. The van der Waals surface area contributed by atoms with E-state index in [9.17, 15) is 9.59 Å². The van der Waals surface area contributed by atoms with Crippen LogP contribution in [-0.2, 0) is 14.3 Å². The molecule has 0 aliphatic carbocycles. The number of likely N-dealkylation sites (N-methyl/N-ethyl adjacent to an activating group) is 2. The summed E-state index contributed by atoms with van der Waals surface area (Å²) in [6.45, 7) is 8.64. The van der Waals surface area contributed by atoms with E-state index in [4.69, 9.17) is 4.74 Å². The first-order valence-corrected chi connectivity index (χ1v) is 7.07. The number of nitrogens with zero attached hydrogens (tertiary/aromatic N) is 2. The van der Waals surface area contributed by atoms with Gasteiger partial charge in [0.25, 0.3) is 0 Å². The largest absolute Gasteiger partial charge is 0.374 e. The smallest absolute Gasteiger partial charge is 0.246 e. The van der Waals surface area contributed by atoms with Crippen molar-refractivity contribution >= 4 is 11.8 Å². The quantitative estimate of drug-likeness (QED) is 0.678. The molecule has 2 fully saturated rings. The van der Waals surface area contributed by atoms with Crippen molar-refractivity contribution in [1.29, 1.82) is 0 Å². The Morgan fingerprint density at radius 1 is 1.32 bits per heavy atom. The van der Waals surface area contributed by atoms with Gasteiger partial charge in [-0.15, -0.1) is 0 Å². The SMILES string of the molecule is CCN1CCOC(CNC2CC(=O)N(CC)C2=O)C1. The minimum Gasteiger partial charge on any atom is -0.374 e. The second kappa shape index (κ2) is 6.45. The zero-order valence-electron chi connectivity index (χ0n) is 11.7. The lowest BCUT2D eigenvalue weighted by Crippen LogP contribution is -2.49. The van der Waals surface area contributed by atoms with Crippen molar-refractivity contribution in [3.8, 4) is 0 Å². The fourth-order valence-electron chi connectivity index (χ4n) is 2.64. The number of amides is 2. The van der Waals surface area contributed by atoms with Crippen LogP contribution in [0.1, 0.15) is 20.3 Å². The molecule has 19 heavy (non-hydrogen) atoms. The topological polar surface area (TPSA) is 61.9 Å². The van der Waals surface area contributed by atoms with Crippen molar-refractivity contribution < 1.29 is 14.3 Å². The normalized spacial score (nSPS) is 29.3. The highest BCUT2D eigenvalue weighted by molar-refractivity contribution is 6.05. The molecule has 0 spiro atoms. The summed E-state index contributed by atoms with van der Waals surface area (Å²) in [4.78, 5) is 27.2. The van der Waals surface area contributed by atoms with Crippen LogP contribution < -0.4 is 5.32 Å². The Labute approximate surface area is 114 Å². The number of rotatable bonds is 5. The molecule has 108 valence electrons. The fraction of sp³-hybridized carbons (Fsp3) is 0.846. The van der Waals surface area contributed by atoms with Crippen molar-refractivity contribution in [2.75, 3.05) is 39.3 Å². The lowest BCUT2D eigenvalue weighted by molar-refractivity contribution is -0.138. The molecule has 2 aliphatic rings. The molecular formula is C13H23N3O3. The molecule has 0 aromatic rings. The lowest BCUT2D eigenvalue weighted by atomic mass is 10.2. The molecule has 1 N–H and O–H groups in total. The van der Waals surface area contributed by atoms with Gasteiger partial charge < -0.3 is 10.1 Å². The van der Waals surface area contributed by atoms with Crippen LogP contribution in [0, 0.1) is 0 Å². The van der Waals surface area contributed by atoms with Gasteiger partial charge in [-0.25, -0.2) is 0 Å². The Hall–Kier alpha value is -0.980. The molecule has 2 saturated heterocycles. The number of morpholine rings is 1. The van der Waals surface area contributed by atoms with Gasteiger partial charge in [0.05, 0.1) is 25.2 Å². The van der Waals surface area contributed by atoms with Crippen LogP contribution in [-0.4, -0.2) is 73.1 Å². The Morgan fingerprint density at radius 3 is 2.74 bits per heavy atom. The first-order valence-electron chi connectivity index (χ1n) is 7.07. The summed E-state index contributed by atoms with van der Waals surface area (Å²) in [5.74, 6) is -0.180. The Kier molecular flexibility index (Phi) is 4.90. The maximum absolute atomic E-state index is 11.9. The van der Waals surface area contributed by atoms with Crippen molar-refractivity contribution in [2.45, 2.75) is 32.4 Å². The number of hydrogen-bond donors (Lipinski definition) is 1. The summed E-state index contributed by atoms with van der Waals surface area (Å²) in [5, 5.41) is 3.18. The summed E-state index contributed by atoms with van der Waals surface area (Å²) < 4.78 is 5.67. The van der Waals surface area contributed by atoms with Gasteiger partial charge in [-0.2, -0.15) is 0 Å². The van der Waals surface area contributed by atoms with Gasteiger partial charge in [0.15, 0.2) is 0 Å². The number of carbonyl (C=O) groups is 2. The van der Waals surface area contributed by atoms with E-state index in [1.807, 2.05) is 6.92 Å². The van der Waals surface area contributed by atoms with Gasteiger partial charge in [-0.3, -0.25) is 19.4 Å². The minimum absolute atomic E-state index is 0.0789. The van der Waals surface area contributed by atoms with Gasteiger partial charge in [0.1, 0.15) is 0 Å². The lowest BCUT2D eigenvalue weighted by Gasteiger charge is -2.32. The second-order valence-corrected chi connectivity index (χ2v) is 5.03. The van der Waals surface area contributed by atoms with E-state index >= 15 is 0 Å². The number of imide groups is 1. The zero-order chi connectivity index (χ0) is 13.8. The predicted octanol–water partition coefficient (Wildman–Crippen LogP) is -0.556. The van der Waals surface area contributed by atoms with E-state index < -0.39 is 0 Å². The van der Waals surface area contributed by atoms with Crippen LogP contribution in [0.3, 0.4) is 0 Å². The summed E-state index contributed by atoms with van der Waals surface area (Å²) in [5.41, 5.74) is 0. The van der Waals surface area contributed by atoms with Crippen LogP contribution in [0.4, 0.5) is 0 Å². The average molecular weight is 269 g/mol. The minimum atomic E-state index is -0.368. The third-order valence-electron chi connectivity index (χ3n) is 3.82. The third kappa shape index (κ3) is 3.32. The molecule has 2 atom stereocenters. The van der Waals surface area contributed by atoms with Crippen LogP contribution in [0.15, 0.2) is 0 Å². The molecule has 2 aliphatic heterocycles. The highest BCUT2D eigenvalue weighted by Crippen LogP contribution is 2.13. The number of likely N-dealkylation sites (tertiary alicyclic amines) is 1. The molecule has 0 saturated carbocycles. The molecular weight excluding hydrogens is 246 g/mol. The molecule has 2 amide bonds. The molecule has 0 aromatic heterocycles. The van der Waals surface area contributed by atoms with Crippen molar-refractivity contribution in [1.82, 2.24) is 15.1 Å². The molecule has 0 radical (unpaired) electrons. The molecule has 0 bridgehead atoms. The van der Waals surface area contributed by atoms with E-state index in [1.54, 1.807) is 0 Å². The van der Waals surface area contributed by atoms with Gasteiger partial charge >= 0.3 is 0 Å². The molecule has 2 heterocycles. The number of ether oxygens (including phenoxy) is 1. The monoisotopic (exact) mass is 269 g/mol. The van der Waals surface area contributed by atoms with Crippen molar-refractivity contribution in [3.05, 3.63) is 0 Å². The van der Waals surface area contributed by atoms with E-state index in [1.165, 1.54) is 4.90 Å². The average Bonchev–Trinajstić information content (AvgIpc) is 2.71. The molecule has 2 rings (SSSR count). The van der Waals surface area contributed by atoms with Crippen molar-refractivity contribution in [3.63, 3.8) is 0 Å². The number of carbonyl (C=O) groups excluding carboxylic acids is 2. The Morgan fingerprint density at radius 2 is 2.11 bits per heavy atom.